The van der Waals surface area contributed by atoms with Crippen molar-refractivity contribution >= 4 is 0 Å². The van der Waals surface area contributed by atoms with Gasteiger partial charge in [0.25, 0.3) is 0 Å². The minimum Gasteiger partial charge on any atom is -0.382 e. The Balaban J connectivity index is 2.27. The second kappa shape index (κ2) is 4.29. The van der Waals surface area contributed by atoms with Gasteiger partial charge in [0, 0.05) is 12.6 Å². The first-order chi connectivity index (χ1) is 6.71. The van der Waals surface area contributed by atoms with Crippen LogP contribution in [-0.2, 0) is 0 Å². The fraction of sp³-hybridized carbons (Fsp3) is 1.00. The van der Waals surface area contributed by atoms with Gasteiger partial charge in [-0.15, -0.1) is 0 Å². The predicted molar refractivity (Wildman–Crippen MR) is 51.5 cm³/mol. The topological polar surface area (TPSA) is 32.3 Å². The fourth-order valence-electron chi connectivity index (χ4n) is 2.00. The van der Waals surface area contributed by atoms with Gasteiger partial charge in [0.05, 0.1) is 0 Å². The third-order valence-corrected chi connectivity index (χ3v) is 2.95. The highest BCUT2D eigenvalue weighted by Gasteiger charge is 2.39. The molecule has 90 valence electrons. The first kappa shape index (κ1) is 12.8. The van der Waals surface area contributed by atoms with Crippen molar-refractivity contribution in [1.29, 1.82) is 0 Å². The molecule has 2 unspecified atom stereocenters. The summed E-state index contributed by atoms with van der Waals surface area (Å²) in [6.45, 7) is 3.81. The van der Waals surface area contributed by atoms with Gasteiger partial charge >= 0.3 is 6.18 Å². The van der Waals surface area contributed by atoms with Crippen LogP contribution in [0.1, 0.15) is 33.1 Å². The van der Waals surface area contributed by atoms with Gasteiger partial charge < -0.3 is 10.4 Å². The van der Waals surface area contributed by atoms with E-state index in [2.05, 4.69) is 19.2 Å². The highest BCUT2D eigenvalue weighted by molar-refractivity contribution is 4.87. The summed E-state index contributed by atoms with van der Waals surface area (Å²) >= 11 is 0. The molecule has 0 amide bonds. The van der Waals surface area contributed by atoms with E-state index in [0.29, 0.717) is 0 Å². The summed E-state index contributed by atoms with van der Waals surface area (Å²) in [5.41, 5.74) is 0.209. The molecule has 1 aliphatic rings. The quantitative estimate of drug-likeness (QED) is 0.770. The lowest BCUT2D eigenvalue weighted by molar-refractivity contribution is -0.202. The third-order valence-electron chi connectivity index (χ3n) is 2.95. The van der Waals surface area contributed by atoms with Gasteiger partial charge in [-0.3, -0.25) is 0 Å². The third kappa shape index (κ3) is 3.99. The highest BCUT2D eigenvalue weighted by atomic mass is 19.4. The minimum atomic E-state index is -4.51. The zero-order valence-electron chi connectivity index (χ0n) is 9.06. The number of hydrogen-bond acceptors (Lipinski definition) is 2. The number of halogens is 3. The maximum atomic E-state index is 12.0. The normalized spacial score (nSPS) is 28.0. The van der Waals surface area contributed by atoms with Crippen molar-refractivity contribution in [3.63, 3.8) is 0 Å². The van der Waals surface area contributed by atoms with Crippen molar-refractivity contribution < 1.29 is 18.3 Å². The summed E-state index contributed by atoms with van der Waals surface area (Å²) in [6, 6.07) is 0.108. The van der Waals surface area contributed by atoms with E-state index in [4.69, 9.17) is 5.11 Å². The Labute approximate surface area is 87.9 Å². The zero-order chi connectivity index (χ0) is 11.7. The van der Waals surface area contributed by atoms with E-state index < -0.39 is 18.8 Å². The molecule has 0 saturated heterocycles. The first-order valence-corrected chi connectivity index (χ1v) is 5.19. The molecule has 2 atom stereocenters. The Morgan fingerprint density at radius 2 is 2.07 bits per heavy atom. The maximum Gasteiger partial charge on any atom is 0.415 e. The molecule has 0 bridgehead atoms. The molecule has 0 spiro atoms. The molecule has 15 heavy (non-hydrogen) atoms. The summed E-state index contributed by atoms with van der Waals surface area (Å²) in [7, 11) is 0. The summed E-state index contributed by atoms with van der Waals surface area (Å²) in [6.07, 6.45) is -3.98. The molecule has 0 aliphatic heterocycles. The van der Waals surface area contributed by atoms with Gasteiger partial charge in [0.2, 0.25) is 0 Å². The van der Waals surface area contributed by atoms with Crippen LogP contribution < -0.4 is 5.32 Å². The van der Waals surface area contributed by atoms with Crippen LogP contribution in [0.4, 0.5) is 13.2 Å². The van der Waals surface area contributed by atoms with E-state index in [0.717, 1.165) is 19.3 Å². The molecule has 0 aromatic heterocycles. The van der Waals surface area contributed by atoms with Crippen molar-refractivity contribution in [2.24, 2.45) is 5.41 Å². The van der Waals surface area contributed by atoms with Crippen molar-refractivity contribution in [1.82, 2.24) is 5.32 Å². The number of aliphatic hydroxyl groups is 1. The lowest BCUT2D eigenvalue weighted by Crippen LogP contribution is -2.41. The Bertz CT molecular complexity index is 215. The lowest BCUT2D eigenvalue weighted by atomic mass is 9.92. The van der Waals surface area contributed by atoms with E-state index in [1.165, 1.54) is 0 Å². The monoisotopic (exact) mass is 225 g/mol. The van der Waals surface area contributed by atoms with E-state index >= 15 is 0 Å². The Morgan fingerprint density at radius 1 is 1.47 bits per heavy atom. The Kier molecular flexibility index (Phi) is 3.66. The first-order valence-electron chi connectivity index (χ1n) is 5.19. The van der Waals surface area contributed by atoms with E-state index in [1.54, 1.807) is 0 Å². The van der Waals surface area contributed by atoms with Gasteiger partial charge in [0.15, 0.2) is 6.10 Å². The summed E-state index contributed by atoms with van der Waals surface area (Å²) in [4.78, 5) is 0. The average molecular weight is 225 g/mol. The van der Waals surface area contributed by atoms with Crippen LogP contribution in [0, 0.1) is 5.41 Å². The maximum absolute atomic E-state index is 12.0. The fourth-order valence-corrected chi connectivity index (χ4v) is 2.00. The van der Waals surface area contributed by atoms with Crippen LogP contribution in [0.25, 0.3) is 0 Å². The SMILES string of the molecule is CC1(C)CCC(NCC(O)C(F)(F)F)C1. The molecule has 1 fully saturated rings. The van der Waals surface area contributed by atoms with Crippen LogP contribution in [-0.4, -0.2) is 30.0 Å². The molecular weight excluding hydrogens is 207 g/mol. The van der Waals surface area contributed by atoms with Gasteiger partial charge in [-0.05, 0) is 24.7 Å². The number of alkyl halides is 3. The molecule has 1 saturated carbocycles. The van der Waals surface area contributed by atoms with Crippen LogP contribution in [0.3, 0.4) is 0 Å². The zero-order valence-corrected chi connectivity index (χ0v) is 9.06. The van der Waals surface area contributed by atoms with Crippen molar-refractivity contribution in [2.45, 2.75) is 51.4 Å². The van der Waals surface area contributed by atoms with E-state index in [1.807, 2.05) is 0 Å². The van der Waals surface area contributed by atoms with E-state index in [-0.39, 0.29) is 11.5 Å². The molecule has 2 nitrogen and oxygen atoms in total. The average Bonchev–Trinajstić information content (AvgIpc) is 2.39. The predicted octanol–water partition coefficient (Wildman–Crippen LogP) is 2.08. The van der Waals surface area contributed by atoms with Crippen LogP contribution in [0.2, 0.25) is 0 Å². The molecule has 0 heterocycles. The van der Waals surface area contributed by atoms with Gasteiger partial charge in [-0.25, -0.2) is 0 Å². The molecule has 0 radical (unpaired) electrons. The highest BCUT2D eigenvalue weighted by Crippen LogP contribution is 2.36. The summed E-state index contributed by atoms with van der Waals surface area (Å²) in [5.74, 6) is 0. The standard InChI is InChI=1S/C10H18F3NO/c1-9(2)4-3-7(5-9)14-6-8(15)10(11,12)13/h7-8,14-15H,3-6H2,1-2H3. The molecule has 5 heteroatoms. The lowest BCUT2D eigenvalue weighted by Gasteiger charge is -2.20. The van der Waals surface area contributed by atoms with Crippen LogP contribution in [0.5, 0.6) is 0 Å². The van der Waals surface area contributed by atoms with Gasteiger partial charge in [0.1, 0.15) is 0 Å². The summed E-state index contributed by atoms with van der Waals surface area (Å²) < 4.78 is 36.0. The largest absolute Gasteiger partial charge is 0.415 e. The summed E-state index contributed by atoms with van der Waals surface area (Å²) in [5, 5.41) is 11.6. The molecule has 0 aromatic rings. The number of rotatable bonds is 3. The van der Waals surface area contributed by atoms with Gasteiger partial charge in [-0.2, -0.15) is 13.2 Å². The second-order valence-electron chi connectivity index (χ2n) is 5.07. The number of nitrogens with one attached hydrogen (secondary N) is 1. The number of aliphatic hydroxyl groups excluding tert-OH is 1. The van der Waals surface area contributed by atoms with Crippen LogP contribution >= 0.6 is 0 Å². The molecule has 0 aromatic carbocycles. The van der Waals surface area contributed by atoms with Gasteiger partial charge in [-0.1, -0.05) is 13.8 Å². The molecule has 1 rings (SSSR count). The van der Waals surface area contributed by atoms with Crippen molar-refractivity contribution in [2.75, 3.05) is 6.54 Å². The molecule has 1 aliphatic carbocycles. The van der Waals surface area contributed by atoms with Crippen molar-refractivity contribution in [3.8, 4) is 0 Å². The Morgan fingerprint density at radius 3 is 2.47 bits per heavy atom. The smallest absolute Gasteiger partial charge is 0.382 e. The minimum absolute atomic E-state index is 0.108. The molecule has 2 N–H and O–H groups in total. The van der Waals surface area contributed by atoms with Crippen LogP contribution in [0.15, 0.2) is 0 Å². The Hall–Kier alpha value is -0.290. The number of hydrogen-bond donors (Lipinski definition) is 2. The van der Waals surface area contributed by atoms with E-state index in [9.17, 15) is 13.2 Å². The molecular formula is C10H18F3NO. The van der Waals surface area contributed by atoms with Crippen molar-refractivity contribution in [3.05, 3.63) is 0 Å². The second-order valence-corrected chi connectivity index (χ2v) is 5.07.